The van der Waals surface area contributed by atoms with Gasteiger partial charge in [-0.2, -0.15) is 0 Å². The van der Waals surface area contributed by atoms with Gasteiger partial charge in [-0.15, -0.1) is 0 Å². The first-order valence-electron chi connectivity index (χ1n) is 8.07. The van der Waals surface area contributed by atoms with E-state index < -0.39 is 0 Å². The fourth-order valence-electron chi connectivity index (χ4n) is 2.73. The van der Waals surface area contributed by atoms with Gasteiger partial charge in [-0.25, -0.2) is 4.39 Å². The highest BCUT2D eigenvalue weighted by Gasteiger charge is 2.13. The first kappa shape index (κ1) is 18.4. The highest BCUT2D eigenvalue weighted by Crippen LogP contribution is 2.25. The number of nitrogens with one attached hydrogen (secondary N) is 1. The molecule has 0 aromatic heterocycles. The normalized spacial score (nSPS) is 12.3. The van der Waals surface area contributed by atoms with E-state index in [1.807, 2.05) is 13.0 Å². The smallest absolute Gasteiger partial charge is 0.123 e. The molecule has 0 fully saturated rings. The summed E-state index contributed by atoms with van der Waals surface area (Å²) in [4.78, 5) is 0. The second-order valence-corrected chi connectivity index (χ2v) is 5.97. The second-order valence-electron chi connectivity index (χ2n) is 5.97. The highest BCUT2D eigenvalue weighted by atomic mass is 19.1. The molecule has 4 N–H and O–H groups in total. The Balaban J connectivity index is 1.96. The zero-order chi connectivity index (χ0) is 17.5. The number of hydrogen-bond donors (Lipinski definition) is 4. The summed E-state index contributed by atoms with van der Waals surface area (Å²) in [5.74, 6) is -0.202. The Hall–Kier alpha value is -1.95. The highest BCUT2D eigenvalue weighted by molar-refractivity contribution is 5.44. The van der Waals surface area contributed by atoms with Crippen molar-refractivity contribution in [3.8, 4) is 5.75 Å². The third-order valence-corrected chi connectivity index (χ3v) is 4.21. The molecular weight excluding hydrogens is 309 g/mol. The average molecular weight is 333 g/mol. The van der Waals surface area contributed by atoms with E-state index in [0.29, 0.717) is 17.7 Å². The molecule has 2 rings (SSSR count). The molecule has 0 saturated heterocycles. The van der Waals surface area contributed by atoms with E-state index in [1.165, 1.54) is 18.2 Å². The van der Waals surface area contributed by atoms with E-state index in [9.17, 15) is 19.7 Å². The Kier molecular flexibility index (Phi) is 6.73. The zero-order valence-electron chi connectivity index (χ0n) is 13.8. The SMILES string of the molecule is CC(CCc1cccc(F)c1)NCc1c(CO)ccc(O)c1CO. The first-order chi connectivity index (χ1) is 11.5. The Labute approximate surface area is 141 Å². The van der Waals surface area contributed by atoms with E-state index in [1.54, 1.807) is 12.1 Å². The zero-order valence-corrected chi connectivity index (χ0v) is 13.8. The van der Waals surface area contributed by atoms with E-state index >= 15 is 0 Å². The monoisotopic (exact) mass is 333 g/mol. The molecule has 24 heavy (non-hydrogen) atoms. The number of hydrogen-bond acceptors (Lipinski definition) is 4. The number of aryl methyl sites for hydroxylation is 1. The van der Waals surface area contributed by atoms with Crippen LogP contribution < -0.4 is 5.32 Å². The van der Waals surface area contributed by atoms with Crippen LogP contribution in [0.25, 0.3) is 0 Å². The summed E-state index contributed by atoms with van der Waals surface area (Å²) >= 11 is 0. The number of aliphatic hydroxyl groups excluding tert-OH is 2. The van der Waals surface area contributed by atoms with E-state index in [-0.39, 0.29) is 30.8 Å². The van der Waals surface area contributed by atoms with Gasteiger partial charge in [0.25, 0.3) is 0 Å². The van der Waals surface area contributed by atoms with Crippen molar-refractivity contribution >= 4 is 0 Å². The number of benzene rings is 2. The number of phenols is 1. The van der Waals surface area contributed by atoms with Crippen molar-refractivity contribution in [2.75, 3.05) is 0 Å². The number of aliphatic hydroxyl groups is 2. The van der Waals surface area contributed by atoms with Crippen LogP contribution in [0.4, 0.5) is 4.39 Å². The first-order valence-corrected chi connectivity index (χ1v) is 8.07. The van der Waals surface area contributed by atoms with Crippen LogP contribution >= 0.6 is 0 Å². The van der Waals surface area contributed by atoms with Crippen LogP contribution in [0, 0.1) is 5.82 Å². The van der Waals surface area contributed by atoms with Crippen LogP contribution in [0.15, 0.2) is 36.4 Å². The molecule has 0 heterocycles. The van der Waals surface area contributed by atoms with Gasteiger partial charge >= 0.3 is 0 Å². The molecule has 0 saturated carbocycles. The lowest BCUT2D eigenvalue weighted by Crippen LogP contribution is -2.27. The van der Waals surface area contributed by atoms with Crippen LogP contribution in [0.5, 0.6) is 5.75 Å². The molecule has 0 aliphatic heterocycles. The summed E-state index contributed by atoms with van der Waals surface area (Å²) in [5.41, 5.74) is 2.79. The van der Waals surface area contributed by atoms with Gasteiger partial charge in [0.1, 0.15) is 11.6 Å². The Morgan fingerprint density at radius 3 is 2.54 bits per heavy atom. The fourth-order valence-corrected chi connectivity index (χ4v) is 2.73. The van der Waals surface area contributed by atoms with Crippen LogP contribution in [0.1, 0.15) is 35.6 Å². The van der Waals surface area contributed by atoms with Crippen molar-refractivity contribution < 1.29 is 19.7 Å². The summed E-state index contributed by atoms with van der Waals surface area (Å²) in [6.45, 7) is 2.03. The summed E-state index contributed by atoms with van der Waals surface area (Å²) in [6.07, 6.45) is 1.58. The number of halogens is 1. The van der Waals surface area contributed by atoms with Gasteiger partial charge in [-0.1, -0.05) is 18.2 Å². The maximum Gasteiger partial charge on any atom is 0.123 e. The lowest BCUT2D eigenvalue weighted by atomic mass is 9.99. The van der Waals surface area contributed by atoms with Crippen molar-refractivity contribution in [1.82, 2.24) is 5.32 Å². The topological polar surface area (TPSA) is 72.7 Å². The van der Waals surface area contributed by atoms with Crippen molar-refractivity contribution in [2.45, 2.75) is 45.6 Å². The summed E-state index contributed by atoms with van der Waals surface area (Å²) in [7, 11) is 0. The van der Waals surface area contributed by atoms with Crippen LogP contribution in [-0.4, -0.2) is 21.4 Å². The molecule has 1 unspecified atom stereocenters. The minimum atomic E-state index is -0.283. The van der Waals surface area contributed by atoms with Crippen molar-refractivity contribution in [2.24, 2.45) is 0 Å². The molecule has 0 radical (unpaired) electrons. The third-order valence-electron chi connectivity index (χ3n) is 4.21. The molecule has 130 valence electrons. The van der Waals surface area contributed by atoms with Crippen LogP contribution in [0.3, 0.4) is 0 Å². The van der Waals surface area contributed by atoms with Gasteiger partial charge in [0.2, 0.25) is 0 Å². The summed E-state index contributed by atoms with van der Waals surface area (Å²) < 4.78 is 13.2. The van der Waals surface area contributed by atoms with Gasteiger partial charge in [0.15, 0.2) is 0 Å². The standard InChI is InChI=1S/C19H24FNO3/c1-13(5-6-14-3-2-4-16(20)9-14)21-10-17-15(11-22)7-8-19(24)18(17)12-23/h2-4,7-9,13,21-24H,5-6,10-12H2,1H3. The van der Waals surface area contributed by atoms with Crippen molar-refractivity contribution in [3.63, 3.8) is 0 Å². The van der Waals surface area contributed by atoms with E-state index in [0.717, 1.165) is 24.0 Å². The molecule has 2 aromatic carbocycles. The van der Waals surface area contributed by atoms with Crippen molar-refractivity contribution in [3.05, 3.63) is 64.5 Å². The Morgan fingerprint density at radius 1 is 1.08 bits per heavy atom. The molecule has 0 aliphatic rings. The van der Waals surface area contributed by atoms with Crippen LogP contribution in [-0.2, 0) is 26.2 Å². The molecule has 0 amide bonds. The van der Waals surface area contributed by atoms with Gasteiger partial charge in [0, 0.05) is 18.2 Å². The van der Waals surface area contributed by atoms with E-state index in [2.05, 4.69) is 5.32 Å². The Morgan fingerprint density at radius 2 is 1.88 bits per heavy atom. The van der Waals surface area contributed by atoms with Crippen LogP contribution in [0.2, 0.25) is 0 Å². The van der Waals surface area contributed by atoms with Gasteiger partial charge in [-0.05, 0) is 54.7 Å². The van der Waals surface area contributed by atoms with Gasteiger partial charge in [0.05, 0.1) is 13.2 Å². The van der Waals surface area contributed by atoms with E-state index in [4.69, 9.17) is 0 Å². The predicted octanol–water partition coefficient (Wildman–Crippen LogP) is 2.63. The number of aromatic hydroxyl groups is 1. The lowest BCUT2D eigenvalue weighted by Gasteiger charge is -2.18. The molecule has 4 nitrogen and oxygen atoms in total. The second kappa shape index (κ2) is 8.78. The maximum absolute atomic E-state index is 13.2. The summed E-state index contributed by atoms with van der Waals surface area (Å²) in [6, 6.07) is 9.87. The molecule has 0 bridgehead atoms. The van der Waals surface area contributed by atoms with Crippen molar-refractivity contribution in [1.29, 1.82) is 0 Å². The largest absolute Gasteiger partial charge is 0.508 e. The molecule has 1 atom stereocenters. The average Bonchev–Trinajstić information content (AvgIpc) is 2.58. The number of rotatable bonds is 8. The minimum absolute atomic E-state index is 0.0268. The fraction of sp³-hybridized carbons (Fsp3) is 0.368. The van der Waals surface area contributed by atoms with Gasteiger partial charge in [-0.3, -0.25) is 0 Å². The molecule has 0 aliphatic carbocycles. The van der Waals surface area contributed by atoms with Gasteiger partial charge < -0.3 is 20.6 Å². The molecular formula is C19H24FNO3. The quantitative estimate of drug-likeness (QED) is 0.599. The predicted molar refractivity (Wildman–Crippen MR) is 91.0 cm³/mol. The molecule has 0 spiro atoms. The lowest BCUT2D eigenvalue weighted by molar-refractivity contribution is 0.267. The summed E-state index contributed by atoms with van der Waals surface area (Å²) in [5, 5.41) is 32.1. The molecule has 5 heteroatoms. The Bertz CT molecular complexity index is 676. The maximum atomic E-state index is 13.2. The molecule has 2 aromatic rings. The minimum Gasteiger partial charge on any atom is -0.508 e. The third kappa shape index (κ3) is 4.77.